The highest BCUT2D eigenvalue weighted by Gasteiger charge is 2.18. The molecule has 0 radical (unpaired) electrons. The molecule has 1 amide bonds. The molecule has 1 atom stereocenters. The van der Waals surface area contributed by atoms with Crippen LogP contribution in [0.3, 0.4) is 0 Å². The number of amides is 1. The molecule has 0 aromatic heterocycles. The van der Waals surface area contributed by atoms with Gasteiger partial charge in [-0.15, -0.1) is 0 Å². The number of nitro benzene ring substituents is 1. The molecule has 0 heterocycles. The zero-order valence-electron chi connectivity index (χ0n) is 12.3. The van der Waals surface area contributed by atoms with Crippen molar-refractivity contribution in [2.24, 2.45) is 5.92 Å². The fourth-order valence-electron chi connectivity index (χ4n) is 2.03. The van der Waals surface area contributed by atoms with E-state index in [1.165, 1.54) is 18.2 Å². The zero-order chi connectivity index (χ0) is 15.3. The summed E-state index contributed by atoms with van der Waals surface area (Å²) in [5.41, 5.74) is 0.708. The Hall–Kier alpha value is -2.11. The predicted molar refractivity (Wildman–Crippen MR) is 79.0 cm³/mol. The Morgan fingerprint density at radius 2 is 2.05 bits per heavy atom. The maximum absolute atomic E-state index is 12.2. The summed E-state index contributed by atoms with van der Waals surface area (Å²) in [6, 6.07) is 4.41. The zero-order valence-corrected chi connectivity index (χ0v) is 12.3. The summed E-state index contributed by atoms with van der Waals surface area (Å²) in [7, 11) is 1.59. The van der Waals surface area contributed by atoms with Crippen LogP contribution in [0.4, 0.5) is 11.4 Å². The topological polar surface area (TPSA) is 84.3 Å². The van der Waals surface area contributed by atoms with Crippen LogP contribution in [0.5, 0.6) is 0 Å². The van der Waals surface area contributed by atoms with Crippen molar-refractivity contribution >= 4 is 17.3 Å². The smallest absolute Gasteiger partial charge is 0.292 e. The molecule has 20 heavy (non-hydrogen) atoms. The van der Waals surface area contributed by atoms with Gasteiger partial charge in [0.1, 0.15) is 5.69 Å². The third-order valence-electron chi connectivity index (χ3n) is 3.29. The first-order chi connectivity index (χ1) is 9.40. The first kappa shape index (κ1) is 15.9. The summed E-state index contributed by atoms with van der Waals surface area (Å²) in [6.45, 7) is 6.10. The summed E-state index contributed by atoms with van der Waals surface area (Å²) < 4.78 is 0. The number of rotatable bonds is 6. The standard InChI is InChI=1S/C14H21N3O3/c1-5-11(9(2)3)16-14(18)10-6-7-13(17(19)20)12(8-10)15-4/h6-9,11,15H,5H2,1-4H3,(H,16,18). The molecule has 0 fully saturated rings. The van der Waals surface area contributed by atoms with Crippen molar-refractivity contribution in [2.45, 2.75) is 33.2 Å². The summed E-state index contributed by atoms with van der Waals surface area (Å²) >= 11 is 0. The third-order valence-corrected chi connectivity index (χ3v) is 3.29. The van der Waals surface area contributed by atoms with Gasteiger partial charge in [0, 0.05) is 24.7 Å². The number of carbonyl (C=O) groups excluding carboxylic acids is 1. The van der Waals surface area contributed by atoms with Crippen LogP contribution in [0.1, 0.15) is 37.6 Å². The summed E-state index contributed by atoms with van der Waals surface area (Å²) in [5.74, 6) is 0.128. The number of benzene rings is 1. The van der Waals surface area contributed by atoms with Gasteiger partial charge < -0.3 is 10.6 Å². The summed E-state index contributed by atoms with van der Waals surface area (Å²) in [5, 5.41) is 16.5. The van der Waals surface area contributed by atoms with Crippen molar-refractivity contribution < 1.29 is 9.72 Å². The molecule has 1 unspecified atom stereocenters. The minimum Gasteiger partial charge on any atom is -0.383 e. The van der Waals surface area contributed by atoms with Crippen LogP contribution in [0.25, 0.3) is 0 Å². The Bertz CT molecular complexity index is 500. The van der Waals surface area contributed by atoms with Crippen molar-refractivity contribution in [3.63, 3.8) is 0 Å². The van der Waals surface area contributed by atoms with Gasteiger partial charge in [0.15, 0.2) is 0 Å². The predicted octanol–water partition coefficient (Wildman–Crippen LogP) is 2.80. The lowest BCUT2D eigenvalue weighted by Gasteiger charge is -2.20. The number of hydrogen-bond acceptors (Lipinski definition) is 4. The van der Waals surface area contributed by atoms with E-state index in [1.807, 2.05) is 20.8 Å². The van der Waals surface area contributed by atoms with E-state index in [2.05, 4.69) is 10.6 Å². The van der Waals surface area contributed by atoms with E-state index in [4.69, 9.17) is 0 Å². The number of hydrogen-bond donors (Lipinski definition) is 2. The van der Waals surface area contributed by atoms with Crippen LogP contribution in [0, 0.1) is 16.0 Å². The van der Waals surface area contributed by atoms with Gasteiger partial charge in [-0.25, -0.2) is 0 Å². The van der Waals surface area contributed by atoms with Crippen LogP contribution in [-0.4, -0.2) is 23.9 Å². The van der Waals surface area contributed by atoms with Crippen molar-refractivity contribution in [3.8, 4) is 0 Å². The molecule has 6 heteroatoms. The first-order valence-electron chi connectivity index (χ1n) is 6.67. The third kappa shape index (κ3) is 3.69. The maximum atomic E-state index is 12.2. The molecule has 6 nitrogen and oxygen atoms in total. The average molecular weight is 279 g/mol. The minimum atomic E-state index is -0.476. The van der Waals surface area contributed by atoms with Crippen LogP contribution in [-0.2, 0) is 0 Å². The Labute approximate surface area is 118 Å². The molecule has 0 saturated carbocycles. The van der Waals surface area contributed by atoms with Gasteiger partial charge in [-0.2, -0.15) is 0 Å². The molecule has 110 valence electrons. The van der Waals surface area contributed by atoms with Gasteiger partial charge in [0.2, 0.25) is 0 Å². The van der Waals surface area contributed by atoms with E-state index in [1.54, 1.807) is 7.05 Å². The largest absolute Gasteiger partial charge is 0.383 e. The summed E-state index contributed by atoms with van der Waals surface area (Å²) in [6.07, 6.45) is 0.843. The molecule has 0 bridgehead atoms. The lowest BCUT2D eigenvalue weighted by Crippen LogP contribution is -2.38. The molecule has 1 aromatic carbocycles. The van der Waals surface area contributed by atoms with Crippen molar-refractivity contribution in [3.05, 3.63) is 33.9 Å². The second kappa shape index (κ2) is 6.88. The Morgan fingerprint density at radius 1 is 1.40 bits per heavy atom. The van der Waals surface area contributed by atoms with Gasteiger partial charge in [-0.1, -0.05) is 20.8 Å². The number of anilines is 1. The van der Waals surface area contributed by atoms with E-state index < -0.39 is 4.92 Å². The highest BCUT2D eigenvalue weighted by Crippen LogP contribution is 2.25. The Morgan fingerprint density at radius 3 is 2.50 bits per heavy atom. The van der Waals surface area contributed by atoms with Crippen LogP contribution in [0.15, 0.2) is 18.2 Å². The molecule has 0 aliphatic carbocycles. The van der Waals surface area contributed by atoms with E-state index >= 15 is 0 Å². The van der Waals surface area contributed by atoms with E-state index in [-0.39, 0.29) is 17.6 Å². The molecule has 1 rings (SSSR count). The van der Waals surface area contributed by atoms with Crippen LogP contribution in [0.2, 0.25) is 0 Å². The van der Waals surface area contributed by atoms with Crippen LogP contribution >= 0.6 is 0 Å². The number of nitro groups is 1. The molecule has 2 N–H and O–H groups in total. The highest BCUT2D eigenvalue weighted by molar-refractivity contribution is 5.96. The van der Waals surface area contributed by atoms with Gasteiger partial charge in [-0.3, -0.25) is 14.9 Å². The fraction of sp³-hybridized carbons (Fsp3) is 0.500. The molecule has 0 aliphatic heterocycles. The number of nitrogens with zero attached hydrogens (tertiary/aromatic N) is 1. The van der Waals surface area contributed by atoms with Gasteiger partial charge in [0.25, 0.3) is 11.6 Å². The molecule has 1 aromatic rings. The molecular weight excluding hydrogens is 258 g/mol. The number of carbonyl (C=O) groups is 1. The van der Waals surface area contributed by atoms with Gasteiger partial charge in [-0.05, 0) is 24.5 Å². The fourth-order valence-corrected chi connectivity index (χ4v) is 2.03. The first-order valence-corrected chi connectivity index (χ1v) is 6.67. The second-order valence-electron chi connectivity index (χ2n) is 4.97. The lowest BCUT2D eigenvalue weighted by molar-refractivity contribution is -0.383. The van der Waals surface area contributed by atoms with Gasteiger partial charge in [0.05, 0.1) is 4.92 Å². The Balaban J connectivity index is 2.97. The molecule has 0 spiro atoms. The maximum Gasteiger partial charge on any atom is 0.292 e. The molecule has 0 saturated heterocycles. The highest BCUT2D eigenvalue weighted by atomic mass is 16.6. The van der Waals surface area contributed by atoms with E-state index in [9.17, 15) is 14.9 Å². The van der Waals surface area contributed by atoms with Crippen LogP contribution < -0.4 is 10.6 Å². The summed E-state index contributed by atoms with van der Waals surface area (Å²) in [4.78, 5) is 22.5. The molecular formula is C14H21N3O3. The van der Waals surface area contributed by atoms with E-state index in [0.717, 1.165) is 6.42 Å². The van der Waals surface area contributed by atoms with Crippen molar-refractivity contribution in [1.82, 2.24) is 5.32 Å². The SMILES string of the molecule is CCC(NC(=O)c1ccc([N+](=O)[O-])c(NC)c1)C(C)C. The van der Waals surface area contributed by atoms with Gasteiger partial charge >= 0.3 is 0 Å². The Kier molecular flexibility index (Phi) is 5.49. The average Bonchev–Trinajstić information content (AvgIpc) is 2.43. The quantitative estimate of drug-likeness (QED) is 0.619. The normalized spacial score (nSPS) is 12.1. The number of nitrogens with one attached hydrogen (secondary N) is 2. The molecule has 0 aliphatic rings. The lowest BCUT2D eigenvalue weighted by atomic mass is 10.0. The van der Waals surface area contributed by atoms with Crippen molar-refractivity contribution in [1.29, 1.82) is 0 Å². The van der Waals surface area contributed by atoms with Crippen molar-refractivity contribution in [2.75, 3.05) is 12.4 Å². The second-order valence-corrected chi connectivity index (χ2v) is 4.97. The monoisotopic (exact) mass is 279 g/mol. The minimum absolute atomic E-state index is 0.0417. The van der Waals surface area contributed by atoms with E-state index in [0.29, 0.717) is 17.2 Å².